The van der Waals surface area contributed by atoms with E-state index < -0.39 is 71.5 Å². The molecule has 14 nitrogen and oxygen atoms in total. The number of benzene rings is 3. The van der Waals surface area contributed by atoms with Gasteiger partial charge in [-0.25, -0.2) is 14.5 Å². The first kappa shape index (κ1) is 46.1. The van der Waals surface area contributed by atoms with E-state index in [4.69, 9.17) is 19.9 Å². The van der Waals surface area contributed by atoms with Crippen LogP contribution in [-0.2, 0) is 48.1 Å². The second-order valence-corrected chi connectivity index (χ2v) is 16.2. The van der Waals surface area contributed by atoms with Crippen LogP contribution in [0.3, 0.4) is 0 Å². The molecule has 0 bridgehead atoms. The van der Waals surface area contributed by atoms with Crippen LogP contribution in [0.1, 0.15) is 65.2 Å². The third-order valence-corrected chi connectivity index (χ3v) is 9.34. The van der Waals surface area contributed by atoms with Gasteiger partial charge in [0.05, 0.1) is 12.0 Å². The molecule has 0 saturated heterocycles. The molecule has 57 heavy (non-hydrogen) atoms. The van der Waals surface area contributed by atoms with Crippen LogP contribution in [-0.4, -0.2) is 76.2 Å². The number of carboxylic acids is 1. The highest BCUT2D eigenvalue weighted by Gasteiger charge is 2.43. The molecule has 0 aliphatic carbocycles. The quantitative estimate of drug-likeness (QED) is 0.0913. The third kappa shape index (κ3) is 14.6. The number of imide groups is 1. The van der Waals surface area contributed by atoms with E-state index >= 15 is 0 Å². The number of carbonyl (C=O) groups is 6. The van der Waals surface area contributed by atoms with Gasteiger partial charge in [0.25, 0.3) is 5.91 Å². The first-order valence-electron chi connectivity index (χ1n) is 18.6. The van der Waals surface area contributed by atoms with Gasteiger partial charge in [0.15, 0.2) is 0 Å². The summed E-state index contributed by atoms with van der Waals surface area (Å²) in [5, 5.41) is 15.4. The van der Waals surface area contributed by atoms with Gasteiger partial charge in [-0.2, -0.15) is 0 Å². The van der Waals surface area contributed by atoms with Crippen molar-refractivity contribution >= 4 is 51.9 Å². The fourth-order valence-corrected chi connectivity index (χ4v) is 5.93. The van der Waals surface area contributed by atoms with Crippen LogP contribution in [0.4, 0.5) is 9.59 Å². The summed E-state index contributed by atoms with van der Waals surface area (Å²) in [5.41, 5.74) is 7.01. The molecule has 4 amide bonds. The maximum Gasteiger partial charge on any atom is 0.514 e. The summed E-state index contributed by atoms with van der Waals surface area (Å²) >= 11 is 3.40. The molecule has 0 aliphatic heterocycles. The van der Waals surface area contributed by atoms with E-state index in [0.717, 1.165) is 10.0 Å². The zero-order valence-electron chi connectivity index (χ0n) is 33.3. The van der Waals surface area contributed by atoms with Gasteiger partial charge in [-0.05, 0) is 68.4 Å². The fourth-order valence-electron chi connectivity index (χ4n) is 5.53. The summed E-state index contributed by atoms with van der Waals surface area (Å²) < 4.78 is 17.0. The van der Waals surface area contributed by atoms with Gasteiger partial charge in [-0.3, -0.25) is 19.2 Å². The smallest absolute Gasteiger partial charge is 0.481 e. The van der Waals surface area contributed by atoms with Gasteiger partial charge in [0, 0.05) is 23.0 Å². The number of nitrogens with two attached hydrogens (primary N) is 1. The molecule has 3 aromatic rings. The first-order chi connectivity index (χ1) is 26.8. The molecular weight excluding hydrogens is 800 g/mol. The van der Waals surface area contributed by atoms with E-state index in [2.05, 4.69) is 26.6 Å². The van der Waals surface area contributed by atoms with Crippen LogP contribution < -0.4 is 21.1 Å². The number of halogens is 1. The molecule has 0 saturated carbocycles. The van der Waals surface area contributed by atoms with Gasteiger partial charge in [-0.1, -0.05) is 104 Å². The number of aliphatic carboxylic acids is 1. The highest BCUT2D eigenvalue weighted by Crippen LogP contribution is 2.22. The molecule has 0 fully saturated rings. The largest absolute Gasteiger partial charge is 0.514 e. The second-order valence-electron chi connectivity index (χ2n) is 15.3. The van der Waals surface area contributed by atoms with E-state index in [-0.39, 0.29) is 37.7 Å². The van der Waals surface area contributed by atoms with Crippen LogP contribution in [0.5, 0.6) is 5.75 Å². The number of amides is 4. The number of rotatable bonds is 17. The number of ether oxygens (including phenoxy) is 3. The molecule has 0 spiro atoms. The minimum Gasteiger partial charge on any atom is -0.481 e. The van der Waals surface area contributed by atoms with Gasteiger partial charge < -0.3 is 35.7 Å². The van der Waals surface area contributed by atoms with Crippen molar-refractivity contribution in [3.8, 4) is 5.75 Å². The second kappa shape index (κ2) is 21.3. The van der Waals surface area contributed by atoms with Crippen molar-refractivity contribution < 1.29 is 48.1 Å². The molecule has 1 unspecified atom stereocenters. The standard InChI is InChI=1S/C42H53BrN4O10/c1-25(2)23-45-36(48)33(22-28-17-19-30(20-18-28)56-41(54)55-24-29-15-11-12-16-32(29)43)47(40(53)57-42(5,6)7)38(50)35(26(3)4)46-37(49)34(44)31(39(51)52)21-27-13-9-8-10-14-27/h8-20,25-26,31,33-35H,21-24,44H2,1-7H3,(H,45,48)(H,46,49)(H,51,52)/t31?,33-,34-,35-/m0/s1. The summed E-state index contributed by atoms with van der Waals surface area (Å²) in [4.78, 5) is 81.6. The lowest BCUT2D eigenvalue weighted by Crippen LogP contribution is -2.62. The molecule has 15 heteroatoms. The zero-order chi connectivity index (χ0) is 42.4. The number of nitrogens with one attached hydrogen (secondary N) is 2. The Balaban J connectivity index is 1.93. The lowest BCUT2D eigenvalue weighted by Gasteiger charge is -2.35. The van der Waals surface area contributed by atoms with E-state index in [0.29, 0.717) is 16.0 Å². The van der Waals surface area contributed by atoms with Gasteiger partial charge >= 0.3 is 18.2 Å². The number of carboxylic acid groups (broad SMARTS) is 1. The predicted octanol–water partition coefficient (Wildman–Crippen LogP) is 6.02. The molecule has 0 radical (unpaired) electrons. The van der Waals surface area contributed by atoms with Crippen molar-refractivity contribution in [1.82, 2.24) is 15.5 Å². The molecule has 0 aliphatic rings. The maximum atomic E-state index is 14.6. The highest BCUT2D eigenvalue weighted by molar-refractivity contribution is 9.10. The molecule has 5 N–H and O–H groups in total. The number of carbonyl (C=O) groups excluding carboxylic acids is 5. The van der Waals surface area contributed by atoms with Crippen molar-refractivity contribution in [3.63, 3.8) is 0 Å². The van der Waals surface area contributed by atoms with E-state index in [1.54, 1.807) is 89.2 Å². The molecule has 0 heterocycles. The average Bonchev–Trinajstić information content (AvgIpc) is 3.14. The molecule has 4 atom stereocenters. The summed E-state index contributed by atoms with van der Waals surface area (Å²) in [6, 6.07) is 17.5. The van der Waals surface area contributed by atoms with Crippen molar-refractivity contribution in [2.24, 2.45) is 23.5 Å². The summed E-state index contributed by atoms with van der Waals surface area (Å²) in [7, 11) is 0. The van der Waals surface area contributed by atoms with Gasteiger partial charge in [0.1, 0.15) is 30.0 Å². The Morgan fingerprint density at radius 3 is 1.98 bits per heavy atom. The monoisotopic (exact) mass is 852 g/mol. The summed E-state index contributed by atoms with van der Waals surface area (Å²) in [6.45, 7) is 12.0. The summed E-state index contributed by atoms with van der Waals surface area (Å²) in [6.07, 6.45) is -2.33. The van der Waals surface area contributed by atoms with Crippen LogP contribution >= 0.6 is 15.9 Å². The SMILES string of the molecule is CC(C)CNC(=O)[C@H](Cc1ccc(OC(=O)OCc2ccccc2Br)cc1)N(C(=O)OC(C)(C)C)C(=O)[C@@H](NC(=O)[C@@H](N)C(Cc1ccccc1)C(=O)O)C(C)C. The Bertz CT molecular complexity index is 1850. The van der Waals surface area contributed by atoms with E-state index in [9.17, 15) is 33.9 Å². The minimum absolute atomic E-state index is 0.0155. The van der Waals surface area contributed by atoms with Gasteiger partial charge in [-0.15, -0.1) is 0 Å². The normalized spacial score (nSPS) is 13.5. The van der Waals surface area contributed by atoms with E-state index in [1.165, 1.54) is 12.1 Å². The highest BCUT2D eigenvalue weighted by atomic mass is 79.9. The summed E-state index contributed by atoms with van der Waals surface area (Å²) in [5.74, 6) is -5.71. The molecule has 3 rings (SSSR count). The molecule has 3 aromatic carbocycles. The lowest BCUT2D eigenvalue weighted by molar-refractivity contribution is -0.146. The lowest BCUT2D eigenvalue weighted by atomic mass is 9.91. The predicted molar refractivity (Wildman–Crippen MR) is 216 cm³/mol. The van der Waals surface area contributed by atoms with Crippen molar-refractivity contribution in [2.45, 2.75) is 91.6 Å². The van der Waals surface area contributed by atoms with Crippen LogP contribution in [0.15, 0.2) is 83.3 Å². The minimum atomic E-state index is -1.57. The number of hydrogen-bond donors (Lipinski definition) is 4. The Hall–Kier alpha value is -5.28. The van der Waals surface area contributed by atoms with Crippen LogP contribution in [0, 0.1) is 17.8 Å². The third-order valence-electron chi connectivity index (χ3n) is 8.57. The average molecular weight is 854 g/mol. The number of hydrogen-bond acceptors (Lipinski definition) is 10. The first-order valence-corrected chi connectivity index (χ1v) is 19.4. The van der Waals surface area contributed by atoms with Crippen molar-refractivity contribution in [2.75, 3.05) is 6.54 Å². The van der Waals surface area contributed by atoms with Crippen molar-refractivity contribution in [3.05, 3.63) is 100 Å². The Morgan fingerprint density at radius 1 is 0.825 bits per heavy atom. The Labute approximate surface area is 341 Å². The Morgan fingerprint density at radius 2 is 1.42 bits per heavy atom. The fraction of sp³-hybridized carbons (Fsp3) is 0.429. The van der Waals surface area contributed by atoms with Crippen molar-refractivity contribution in [1.29, 1.82) is 0 Å². The maximum absolute atomic E-state index is 14.6. The molecule has 0 aromatic heterocycles. The van der Waals surface area contributed by atoms with E-state index in [1.807, 2.05) is 26.0 Å². The topological polar surface area (TPSA) is 204 Å². The zero-order valence-corrected chi connectivity index (χ0v) is 34.9. The van der Waals surface area contributed by atoms with Crippen LogP contribution in [0.25, 0.3) is 0 Å². The van der Waals surface area contributed by atoms with Crippen LogP contribution in [0.2, 0.25) is 0 Å². The Kier molecular flexibility index (Phi) is 17.2. The molecule has 308 valence electrons. The van der Waals surface area contributed by atoms with Gasteiger partial charge in [0.2, 0.25) is 11.8 Å². The number of nitrogens with zero attached hydrogens (tertiary/aromatic N) is 1. The molecular formula is C42H53BrN4O10.